The van der Waals surface area contributed by atoms with Crippen molar-refractivity contribution in [1.82, 2.24) is 0 Å². The molecule has 2 rings (SSSR count). The van der Waals surface area contributed by atoms with E-state index < -0.39 is 0 Å². The molecule has 1 aromatic rings. The Kier molecular flexibility index (Phi) is 6.03. The molecule has 0 fully saturated rings. The average molecular weight is 249 g/mol. The highest BCUT2D eigenvalue weighted by molar-refractivity contribution is 5.85. The number of hydrogen-bond acceptors (Lipinski definition) is 2. The summed E-state index contributed by atoms with van der Waals surface area (Å²) in [5, 5.41) is 3.40. The molecule has 3 N–H and O–H groups in total. The van der Waals surface area contributed by atoms with Gasteiger partial charge in [-0.15, -0.1) is 24.8 Å². The van der Waals surface area contributed by atoms with Crippen LogP contribution >= 0.6 is 24.8 Å². The molecule has 0 saturated carbocycles. The fourth-order valence-electron chi connectivity index (χ4n) is 1.89. The molecule has 0 aliphatic carbocycles. The molecule has 4 heteroatoms. The fraction of sp³-hybridized carbons (Fsp3) is 0.455. The lowest BCUT2D eigenvalue weighted by atomic mass is 10.0. The predicted molar refractivity (Wildman–Crippen MR) is 70.4 cm³/mol. The molecule has 86 valence electrons. The van der Waals surface area contributed by atoms with E-state index >= 15 is 0 Å². The van der Waals surface area contributed by atoms with Gasteiger partial charge in [0, 0.05) is 18.3 Å². The molecule has 0 amide bonds. The Balaban J connectivity index is 0.000000980. The van der Waals surface area contributed by atoms with E-state index in [1.54, 1.807) is 0 Å². The van der Waals surface area contributed by atoms with E-state index in [0.29, 0.717) is 0 Å². The lowest BCUT2D eigenvalue weighted by Gasteiger charge is -2.14. The maximum atomic E-state index is 6.03. The summed E-state index contributed by atoms with van der Waals surface area (Å²) in [6.45, 7) is 3.18. The van der Waals surface area contributed by atoms with Gasteiger partial charge in [0.15, 0.2) is 0 Å². The van der Waals surface area contributed by atoms with Crippen molar-refractivity contribution >= 4 is 30.5 Å². The van der Waals surface area contributed by atoms with Crippen molar-refractivity contribution in [1.29, 1.82) is 0 Å². The number of nitrogens with two attached hydrogens (primary N) is 1. The standard InChI is InChI=1S/C11H16N2.2ClH/c1-2-10(12)9-5-3-4-8-6-7-13-11(8)9;;/h3-5,10,13H,2,6-7,12H2,1H3;2*1H/t10-;;/m0../s1. The summed E-state index contributed by atoms with van der Waals surface area (Å²) in [6, 6.07) is 6.60. The van der Waals surface area contributed by atoms with Gasteiger partial charge in [-0.2, -0.15) is 0 Å². The summed E-state index contributed by atoms with van der Waals surface area (Å²) in [4.78, 5) is 0. The van der Waals surface area contributed by atoms with Gasteiger partial charge in [0.25, 0.3) is 0 Å². The molecule has 0 spiro atoms. The first-order valence-electron chi connectivity index (χ1n) is 4.94. The van der Waals surface area contributed by atoms with Gasteiger partial charge in [0.1, 0.15) is 0 Å². The van der Waals surface area contributed by atoms with Crippen LogP contribution < -0.4 is 11.1 Å². The second-order valence-electron chi connectivity index (χ2n) is 3.57. The number of para-hydroxylation sites is 1. The van der Waals surface area contributed by atoms with Crippen LogP contribution in [0.5, 0.6) is 0 Å². The summed E-state index contributed by atoms with van der Waals surface area (Å²) < 4.78 is 0. The smallest absolute Gasteiger partial charge is 0.0421 e. The molecular formula is C11H18Cl2N2. The summed E-state index contributed by atoms with van der Waals surface area (Å²) in [5.41, 5.74) is 10.0. The Hall–Kier alpha value is -0.440. The zero-order chi connectivity index (χ0) is 9.26. The van der Waals surface area contributed by atoms with Crippen LogP contribution in [0.4, 0.5) is 5.69 Å². The van der Waals surface area contributed by atoms with Crippen LogP contribution in [0, 0.1) is 0 Å². The lowest BCUT2D eigenvalue weighted by Crippen LogP contribution is -2.10. The molecule has 2 nitrogen and oxygen atoms in total. The second kappa shape index (κ2) is 6.21. The summed E-state index contributed by atoms with van der Waals surface area (Å²) in [5.74, 6) is 0. The first-order chi connectivity index (χ1) is 6.33. The first-order valence-corrected chi connectivity index (χ1v) is 4.94. The van der Waals surface area contributed by atoms with Crippen molar-refractivity contribution in [3.05, 3.63) is 29.3 Å². The third-order valence-corrected chi connectivity index (χ3v) is 2.72. The van der Waals surface area contributed by atoms with Crippen molar-refractivity contribution in [3.63, 3.8) is 0 Å². The van der Waals surface area contributed by atoms with Crippen molar-refractivity contribution in [2.45, 2.75) is 25.8 Å². The maximum absolute atomic E-state index is 6.03. The molecule has 0 saturated heterocycles. The van der Waals surface area contributed by atoms with E-state index in [0.717, 1.165) is 19.4 Å². The summed E-state index contributed by atoms with van der Waals surface area (Å²) in [6.07, 6.45) is 2.14. The molecule has 1 aromatic carbocycles. The zero-order valence-corrected chi connectivity index (χ0v) is 10.5. The Bertz CT molecular complexity index is 315. The van der Waals surface area contributed by atoms with E-state index in [9.17, 15) is 0 Å². The largest absolute Gasteiger partial charge is 0.384 e. The Morgan fingerprint density at radius 2 is 2.13 bits per heavy atom. The van der Waals surface area contributed by atoms with Gasteiger partial charge in [-0.3, -0.25) is 0 Å². The summed E-state index contributed by atoms with van der Waals surface area (Å²) in [7, 11) is 0. The Morgan fingerprint density at radius 1 is 1.40 bits per heavy atom. The third-order valence-electron chi connectivity index (χ3n) is 2.72. The number of anilines is 1. The van der Waals surface area contributed by atoms with E-state index in [2.05, 4.69) is 30.4 Å². The van der Waals surface area contributed by atoms with Gasteiger partial charge >= 0.3 is 0 Å². The summed E-state index contributed by atoms with van der Waals surface area (Å²) >= 11 is 0. The number of hydrogen-bond donors (Lipinski definition) is 2. The van der Waals surface area contributed by atoms with Gasteiger partial charge < -0.3 is 11.1 Å². The van der Waals surface area contributed by atoms with Crippen LogP contribution in [0.2, 0.25) is 0 Å². The second-order valence-corrected chi connectivity index (χ2v) is 3.57. The van der Waals surface area contributed by atoms with E-state index in [1.807, 2.05) is 0 Å². The van der Waals surface area contributed by atoms with Crippen LogP contribution in [0.15, 0.2) is 18.2 Å². The highest BCUT2D eigenvalue weighted by Crippen LogP contribution is 2.30. The van der Waals surface area contributed by atoms with Gasteiger partial charge in [-0.25, -0.2) is 0 Å². The van der Waals surface area contributed by atoms with E-state index in [-0.39, 0.29) is 30.9 Å². The maximum Gasteiger partial charge on any atom is 0.0421 e. The number of benzene rings is 1. The lowest BCUT2D eigenvalue weighted by molar-refractivity contribution is 0.700. The quantitative estimate of drug-likeness (QED) is 0.845. The molecule has 1 heterocycles. The molecule has 0 unspecified atom stereocenters. The molecule has 1 aliphatic heterocycles. The van der Waals surface area contributed by atoms with Gasteiger partial charge in [-0.1, -0.05) is 25.1 Å². The fourth-order valence-corrected chi connectivity index (χ4v) is 1.89. The molecule has 15 heavy (non-hydrogen) atoms. The Morgan fingerprint density at radius 3 is 2.80 bits per heavy atom. The zero-order valence-electron chi connectivity index (χ0n) is 8.82. The average Bonchev–Trinajstić information content (AvgIpc) is 2.63. The number of rotatable bonds is 2. The normalized spacial score (nSPS) is 14.3. The van der Waals surface area contributed by atoms with Gasteiger partial charge in [0.2, 0.25) is 0 Å². The van der Waals surface area contributed by atoms with Gasteiger partial charge in [-0.05, 0) is 24.0 Å². The van der Waals surface area contributed by atoms with Gasteiger partial charge in [0.05, 0.1) is 0 Å². The minimum absolute atomic E-state index is 0. The molecule has 0 radical (unpaired) electrons. The van der Waals surface area contributed by atoms with Crippen LogP contribution in [0.3, 0.4) is 0 Å². The number of nitrogens with one attached hydrogen (secondary N) is 1. The van der Waals surface area contributed by atoms with Crippen LogP contribution in [0.25, 0.3) is 0 Å². The van der Waals surface area contributed by atoms with Crippen molar-refractivity contribution in [3.8, 4) is 0 Å². The predicted octanol–water partition coefficient (Wildman–Crippen LogP) is 2.91. The SMILES string of the molecule is CC[C@H](N)c1cccc2c1NCC2.Cl.Cl. The monoisotopic (exact) mass is 248 g/mol. The first kappa shape index (κ1) is 14.6. The molecule has 0 aromatic heterocycles. The van der Waals surface area contributed by atoms with Crippen LogP contribution in [-0.4, -0.2) is 6.54 Å². The molecule has 1 aliphatic rings. The molecular weight excluding hydrogens is 231 g/mol. The van der Waals surface area contributed by atoms with Crippen molar-refractivity contribution in [2.75, 3.05) is 11.9 Å². The highest BCUT2D eigenvalue weighted by atomic mass is 35.5. The number of halogens is 2. The minimum Gasteiger partial charge on any atom is -0.384 e. The van der Waals surface area contributed by atoms with E-state index in [1.165, 1.54) is 16.8 Å². The van der Waals surface area contributed by atoms with E-state index in [4.69, 9.17) is 5.73 Å². The topological polar surface area (TPSA) is 38.0 Å². The van der Waals surface area contributed by atoms with Crippen LogP contribution in [-0.2, 0) is 6.42 Å². The third kappa shape index (κ3) is 2.77. The molecule has 0 bridgehead atoms. The number of fused-ring (bicyclic) bond motifs is 1. The van der Waals surface area contributed by atoms with Crippen molar-refractivity contribution in [2.24, 2.45) is 5.73 Å². The minimum atomic E-state index is 0. The van der Waals surface area contributed by atoms with Crippen molar-refractivity contribution < 1.29 is 0 Å². The van der Waals surface area contributed by atoms with Crippen LogP contribution in [0.1, 0.15) is 30.5 Å². The highest BCUT2D eigenvalue weighted by Gasteiger charge is 2.16. The molecule has 1 atom stereocenters. The Labute approximate surface area is 103 Å².